The topological polar surface area (TPSA) is 82.5 Å². The second kappa shape index (κ2) is 10.2. The predicted octanol–water partition coefficient (Wildman–Crippen LogP) is 3.89. The number of nitrogens with one attached hydrogen (secondary N) is 2. The summed E-state index contributed by atoms with van der Waals surface area (Å²) in [6.07, 6.45) is 1.83. The van der Waals surface area contributed by atoms with E-state index in [1.54, 1.807) is 0 Å². The molecule has 1 saturated heterocycles. The van der Waals surface area contributed by atoms with Gasteiger partial charge in [-0.2, -0.15) is 0 Å². The van der Waals surface area contributed by atoms with E-state index in [0.29, 0.717) is 12.4 Å². The number of hydrogen-bond acceptors (Lipinski definition) is 5. The third-order valence-corrected chi connectivity index (χ3v) is 6.55. The number of anilines is 2. The van der Waals surface area contributed by atoms with Crippen molar-refractivity contribution in [1.82, 2.24) is 9.55 Å². The molecule has 0 amide bonds. The number of piperazine rings is 1. The maximum absolute atomic E-state index is 11.1. The number of para-hydroxylation sites is 2. The Hall–Kier alpha value is -3.82. The second-order valence-electron chi connectivity index (χ2n) is 8.65. The molecule has 9 heteroatoms. The molecule has 2 aromatic heterocycles. The Morgan fingerprint density at radius 2 is 1.80 bits per heavy atom. The monoisotopic (exact) mass is 486 g/mol. The highest BCUT2D eigenvalue weighted by Crippen LogP contribution is 2.38. The minimum Gasteiger partial charge on any atom is -0.493 e. The van der Waals surface area contributed by atoms with Crippen molar-refractivity contribution < 1.29 is 10.0 Å². The minimum absolute atomic E-state index is 0.105. The molecule has 1 aliphatic heterocycles. The highest BCUT2D eigenvalue weighted by Gasteiger charge is 2.24. The number of azo groups is 1. The molecule has 1 aliphatic rings. The minimum atomic E-state index is 0.105. The summed E-state index contributed by atoms with van der Waals surface area (Å²) in [6.45, 7) is 6.37. The van der Waals surface area contributed by atoms with Gasteiger partial charge < -0.3 is 20.2 Å². The fraction of sp³-hybridized carbons (Fsp3) is 0.231. The van der Waals surface area contributed by atoms with Gasteiger partial charge in [-0.15, -0.1) is 10.2 Å². The number of hydrogen-bond donors (Lipinski definition) is 3. The lowest BCUT2D eigenvalue weighted by Gasteiger charge is -2.33. The Balaban J connectivity index is 1.32. The molecule has 0 spiro atoms. The van der Waals surface area contributed by atoms with Gasteiger partial charge in [-0.05, 0) is 49.0 Å². The van der Waals surface area contributed by atoms with Gasteiger partial charge in [-0.1, -0.05) is 42.5 Å². The van der Waals surface area contributed by atoms with Gasteiger partial charge >= 0.3 is 0 Å². The lowest BCUT2D eigenvalue weighted by atomic mass is 10.2. The number of nitrogens with zero attached hydrogens (tertiary/aromatic N) is 5. The summed E-state index contributed by atoms with van der Waals surface area (Å²) in [7, 11) is 0. The quantitative estimate of drug-likeness (QED) is 0.295. The number of benzene rings is 2. The Morgan fingerprint density at radius 1 is 1.06 bits per heavy atom. The van der Waals surface area contributed by atoms with E-state index in [-0.39, 0.29) is 11.0 Å². The summed E-state index contributed by atoms with van der Waals surface area (Å²) in [5, 5.41) is 23.9. The number of thiocarbonyl (C=S) groups is 1. The van der Waals surface area contributed by atoms with Gasteiger partial charge in [0.1, 0.15) is 5.82 Å². The van der Waals surface area contributed by atoms with Gasteiger partial charge in [0.25, 0.3) is 0 Å². The molecule has 2 aromatic carbocycles. The SMILES string of the molecule is Cc1ccccc1NC(=S)N=Nc1c(O)n(C[NH+]2CCN(c3ccccn3)CC2)c2ccccc12. The first kappa shape index (κ1) is 22.9. The van der Waals surface area contributed by atoms with E-state index in [4.69, 9.17) is 12.2 Å². The third kappa shape index (κ3) is 5.01. The summed E-state index contributed by atoms with van der Waals surface area (Å²) in [6, 6.07) is 21.7. The van der Waals surface area contributed by atoms with Gasteiger partial charge in [0.15, 0.2) is 12.4 Å². The van der Waals surface area contributed by atoms with E-state index in [2.05, 4.69) is 25.4 Å². The summed E-state index contributed by atoms with van der Waals surface area (Å²) in [4.78, 5) is 8.16. The first-order chi connectivity index (χ1) is 17.1. The van der Waals surface area contributed by atoms with Crippen molar-refractivity contribution in [2.45, 2.75) is 13.6 Å². The first-order valence-electron chi connectivity index (χ1n) is 11.7. The molecule has 1 fully saturated rings. The summed E-state index contributed by atoms with van der Waals surface area (Å²) in [5.74, 6) is 1.12. The maximum atomic E-state index is 11.1. The van der Waals surface area contributed by atoms with Crippen LogP contribution in [-0.2, 0) is 6.67 Å². The van der Waals surface area contributed by atoms with Crippen LogP contribution in [0.5, 0.6) is 5.88 Å². The summed E-state index contributed by atoms with van der Waals surface area (Å²) >= 11 is 5.38. The van der Waals surface area contributed by atoms with E-state index >= 15 is 0 Å². The average Bonchev–Trinajstić information content (AvgIpc) is 3.15. The van der Waals surface area contributed by atoms with Crippen molar-refractivity contribution in [3.05, 3.63) is 78.5 Å². The van der Waals surface area contributed by atoms with Crippen molar-refractivity contribution in [2.75, 3.05) is 36.4 Å². The zero-order chi connectivity index (χ0) is 24.2. The molecule has 0 aliphatic carbocycles. The molecule has 0 atom stereocenters. The van der Waals surface area contributed by atoms with Crippen molar-refractivity contribution in [3.8, 4) is 5.88 Å². The molecule has 35 heavy (non-hydrogen) atoms. The third-order valence-electron chi connectivity index (χ3n) is 6.37. The average molecular weight is 487 g/mol. The highest BCUT2D eigenvalue weighted by molar-refractivity contribution is 7.80. The zero-order valence-electron chi connectivity index (χ0n) is 19.6. The molecule has 0 unspecified atom stereocenters. The fourth-order valence-electron chi connectivity index (χ4n) is 4.45. The standard InChI is InChI=1S/C26H27N7OS/c1-19-8-2-4-10-21(19)28-26(35)30-29-24-20-9-3-5-11-22(20)33(25(24)34)18-31-14-16-32(17-15-31)23-12-6-7-13-27-23/h2-13,34H,14-18H2,1H3,(H,28,35)/p+1. The normalized spacial score (nSPS) is 14.6. The molecule has 3 N–H and O–H groups in total. The van der Waals surface area contributed by atoms with Gasteiger partial charge in [0.05, 0.1) is 31.7 Å². The van der Waals surface area contributed by atoms with Crippen LogP contribution in [0.2, 0.25) is 0 Å². The van der Waals surface area contributed by atoms with E-state index in [1.165, 1.54) is 4.90 Å². The van der Waals surface area contributed by atoms with E-state index in [0.717, 1.165) is 54.2 Å². The van der Waals surface area contributed by atoms with Crippen LogP contribution in [0.25, 0.3) is 10.9 Å². The van der Waals surface area contributed by atoms with Crippen LogP contribution in [0.4, 0.5) is 17.2 Å². The van der Waals surface area contributed by atoms with Crippen LogP contribution in [0.1, 0.15) is 5.56 Å². The zero-order valence-corrected chi connectivity index (χ0v) is 20.4. The van der Waals surface area contributed by atoms with Gasteiger partial charge in [-0.25, -0.2) is 4.98 Å². The lowest BCUT2D eigenvalue weighted by molar-refractivity contribution is -0.923. The van der Waals surface area contributed by atoms with E-state index in [1.807, 2.05) is 84.4 Å². The Bertz CT molecular complexity index is 1360. The van der Waals surface area contributed by atoms with Crippen LogP contribution >= 0.6 is 12.2 Å². The number of aryl methyl sites for hydroxylation is 1. The van der Waals surface area contributed by atoms with Crippen molar-refractivity contribution in [3.63, 3.8) is 0 Å². The maximum Gasteiger partial charge on any atom is 0.225 e. The molecule has 4 aromatic rings. The van der Waals surface area contributed by atoms with Crippen molar-refractivity contribution in [2.24, 2.45) is 10.2 Å². The number of aromatic nitrogens is 2. The van der Waals surface area contributed by atoms with E-state index in [9.17, 15) is 5.11 Å². The van der Waals surface area contributed by atoms with Crippen LogP contribution < -0.4 is 15.1 Å². The Labute approximate surface area is 209 Å². The van der Waals surface area contributed by atoms with Crippen LogP contribution in [0.3, 0.4) is 0 Å². The molecule has 3 heterocycles. The van der Waals surface area contributed by atoms with Crippen molar-refractivity contribution in [1.29, 1.82) is 0 Å². The molecule has 178 valence electrons. The van der Waals surface area contributed by atoms with Gasteiger partial charge in [0.2, 0.25) is 11.0 Å². The summed E-state index contributed by atoms with van der Waals surface area (Å²) in [5.41, 5.74) is 3.31. The summed E-state index contributed by atoms with van der Waals surface area (Å²) < 4.78 is 1.92. The number of fused-ring (bicyclic) bond motifs is 1. The second-order valence-corrected chi connectivity index (χ2v) is 9.03. The van der Waals surface area contributed by atoms with Gasteiger partial charge in [-0.3, -0.25) is 4.57 Å². The molecule has 0 radical (unpaired) electrons. The van der Waals surface area contributed by atoms with E-state index < -0.39 is 0 Å². The smallest absolute Gasteiger partial charge is 0.225 e. The first-order valence-corrected chi connectivity index (χ1v) is 12.1. The molecule has 8 nitrogen and oxygen atoms in total. The number of pyridine rings is 1. The predicted molar refractivity (Wildman–Crippen MR) is 143 cm³/mol. The molecule has 5 rings (SSSR count). The highest BCUT2D eigenvalue weighted by atomic mass is 32.1. The number of quaternary nitrogens is 1. The molecular formula is C26H28N7OS+. The molecular weight excluding hydrogens is 458 g/mol. The number of rotatable bonds is 5. The fourth-order valence-corrected chi connectivity index (χ4v) is 4.60. The van der Waals surface area contributed by atoms with Crippen LogP contribution in [0.15, 0.2) is 83.2 Å². The molecule has 0 saturated carbocycles. The molecule has 0 bridgehead atoms. The van der Waals surface area contributed by atoms with Crippen molar-refractivity contribution >= 4 is 45.4 Å². The largest absolute Gasteiger partial charge is 0.493 e. The lowest BCUT2D eigenvalue weighted by Crippen LogP contribution is -3.14. The van der Waals surface area contributed by atoms with Crippen LogP contribution in [0, 0.1) is 6.92 Å². The van der Waals surface area contributed by atoms with Gasteiger partial charge in [0, 0.05) is 17.3 Å². The number of aromatic hydroxyl groups is 1. The Morgan fingerprint density at radius 3 is 2.57 bits per heavy atom. The van der Waals surface area contributed by atoms with Crippen LogP contribution in [-0.4, -0.2) is 45.9 Å². The Kier molecular flexibility index (Phi) is 6.69.